The van der Waals surface area contributed by atoms with Gasteiger partial charge in [-0.25, -0.2) is 4.79 Å². The summed E-state index contributed by atoms with van der Waals surface area (Å²) in [5.74, 6) is 0.596. The quantitative estimate of drug-likeness (QED) is 0.269. The van der Waals surface area contributed by atoms with E-state index < -0.39 is 0 Å². The highest BCUT2D eigenvalue weighted by Gasteiger charge is 2.12. The summed E-state index contributed by atoms with van der Waals surface area (Å²) in [5, 5.41) is 0.870. The molecule has 0 bridgehead atoms. The summed E-state index contributed by atoms with van der Waals surface area (Å²) in [6, 6.07) is 13.8. The van der Waals surface area contributed by atoms with E-state index in [0.717, 1.165) is 23.8 Å². The molecule has 0 unspecified atom stereocenters. The molecule has 0 N–H and O–H groups in total. The average molecular weight is 362 g/mol. The van der Waals surface area contributed by atoms with E-state index in [9.17, 15) is 4.79 Å². The van der Waals surface area contributed by atoms with Gasteiger partial charge in [0.25, 0.3) is 0 Å². The second-order valence-electron chi connectivity index (χ2n) is 6.73. The summed E-state index contributed by atoms with van der Waals surface area (Å²) < 4.78 is 10.8. The summed E-state index contributed by atoms with van der Waals surface area (Å²) >= 11 is 0. The van der Waals surface area contributed by atoms with Gasteiger partial charge in [-0.2, -0.15) is 0 Å². The van der Waals surface area contributed by atoms with Crippen LogP contribution < -0.4 is 10.4 Å². The van der Waals surface area contributed by atoms with Gasteiger partial charge in [-0.05, 0) is 54.2 Å². The third-order valence-electron chi connectivity index (χ3n) is 4.84. The van der Waals surface area contributed by atoms with E-state index in [2.05, 4.69) is 38.6 Å². The van der Waals surface area contributed by atoms with Crippen LogP contribution in [-0.4, -0.2) is 0 Å². The summed E-state index contributed by atoms with van der Waals surface area (Å²) in [5.41, 5.74) is 4.27. The largest absolute Gasteiger partial charge is 0.465 e. The minimum absolute atomic E-state index is 0.327. The van der Waals surface area contributed by atoms with Crippen molar-refractivity contribution in [3.8, 4) is 16.9 Å². The van der Waals surface area contributed by atoms with Crippen molar-refractivity contribution in [1.29, 1.82) is 0 Å². The Labute approximate surface area is 160 Å². The maximum atomic E-state index is 12.6. The first-order valence-electron chi connectivity index (χ1n) is 9.64. The van der Waals surface area contributed by atoms with Gasteiger partial charge in [-0.15, -0.1) is 0 Å². The molecule has 3 rings (SSSR count). The van der Waals surface area contributed by atoms with Crippen LogP contribution in [0.15, 0.2) is 64.5 Å². The van der Waals surface area contributed by atoms with Gasteiger partial charge in [0.15, 0.2) is 0 Å². The number of benzene rings is 2. The third-order valence-corrected chi connectivity index (χ3v) is 4.84. The molecule has 1 heterocycles. The van der Waals surface area contributed by atoms with Gasteiger partial charge < -0.3 is 9.15 Å². The van der Waals surface area contributed by atoms with Crippen LogP contribution >= 0.6 is 0 Å². The van der Waals surface area contributed by atoms with Gasteiger partial charge in [0.2, 0.25) is 0 Å². The molecule has 0 atom stereocenters. The lowest BCUT2D eigenvalue weighted by atomic mass is 9.94. The standard InChI is InChI=1S/C24H26O3/c1-4-7-8-9-17-10-13-21(18(5-2)14-17)22-15-19-11-12-20(26-6-3)16-23(19)27-24(22)25/h6,10-16H,3-5,7-9H2,1-2H3. The van der Waals surface area contributed by atoms with Crippen molar-refractivity contribution in [3.05, 3.63) is 76.9 Å². The smallest absolute Gasteiger partial charge is 0.344 e. The summed E-state index contributed by atoms with van der Waals surface area (Å²) in [4.78, 5) is 12.6. The Morgan fingerprint density at radius 3 is 2.63 bits per heavy atom. The number of aryl methyl sites for hydroxylation is 2. The van der Waals surface area contributed by atoms with Crippen LogP contribution in [0.5, 0.6) is 5.75 Å². The van der Waals surface area contributed by atoms with Gasteiger partial charge in [-0.1, -0.05) is 51.5 Å². The van der Waals surface area contributed by atoms with Gasteiger partial charge in [-0.3, -0.25) is 0 Å². The SMILES string of the molecule is C=COc1ccc2cc(-c3ccc(CCCCC)cc3CC)c(=O)oc2c1. The average Bonchev–Trinajstić information content (AvgIpc) is 2.68. The van der Waals surface area contributed by atoms with Crippen molar-refractivity contribution in [2.24, 2.45) is 0 Å². The molecule has 1 aromatic heterocycles. The van der Waals surface area contributed by atoms with Crippen LogP contribution in [0.2, 0.25) is 0 Å². The Morgan fingerprint density at radius 1 is 1.04 bits per heavy atom. The van der Waals surface area contributed by atoms with Crippen molar-refractivity contribution in [2.75, 3.05) is 0 Å². The van der Waals surface area contributed by atoms with E-state index >= 15 is 0 Å². The highest BCUT2D eigenvalue weighted by Crippen LogP contribution is 2.28. The van der Waals surface area contributed by atoms with Crippen LogP contribution in [0.1, 0.15) is 44.2 Å². The molecular weight excluding hydrogens is 336 g/mol. The molecule has 27 heavy (non-hydrogen) atoms. The molecule has 0 aliphatic rings. The Hall–Kier alpha value is -2.81. The summed E-state index contributed by atoms with van der Waals surface area (Å²) in [6.07, 6.45) is 6.97. The van der Waals surface area contributed by atoms with Crippen molar-refractivity contribution >= 4 is 11.0 Å². The monoisotopic (exact) mass is 362 g/mol. The lowest BCUT2D eigenvalue weighted by Crippen LogP contribution is -2.05. The number of hydrogen-bond donors (Lipinski definition) is 0. The minimum atomic E-state index is -0.327. The fourth-order valence-corrected chi connectivity index (χ4v) is 3.39. The van der Waals surface area contributed by atoms with E-state index in [0.29, 0.717) is 16.9 Å². The number of rotatable bonds is 8. The van der Waals surface area contributed by atoms with Crippen LogP contribution in [-0.2, 0) is 12.8 Å². The normalized spacial score (nSPS) is 10.9. The van der Waals surface area contributed by atoms with Crippen LogP contribution in [0.4, 0.5) is 0 Å². The van der Waals surface area contributed by atoms with E-state index in [1.165, 1.54) is 36.7 Å². The van der Waals surface area contributed by atoms with E-state index in [-0.39, 0.29) is 5.63 Å². The Balaban J connectivity index is 2.00. The third kappa shape index (κ3) is 4.30. The molecule has 0 amide bonds. The number of fused-ring (bicyclic) bond motifs is 1. The second-order valence-corrected chi connectivity index (χ2v) is 6.73. The molecule has 0 aliphatic carbocycles. The first-order valence-corrected chi connectivity index (χ1v) is 9.64. The Bertz CT molecular complexity index is 998. The van der Waals surface area contributed by atoms with Crippen LogP contribution in [0.25, 0.3) is 22.1 Å². The van der Waals surface area contributed by atoms with Gasteiger partial charge in [0.1, 0.15) is 11.3 Å². The van der Waals surface area contributed by atoms with Crippen molar-refractivity contribution < 1.29 is 9.15 Å². The Kier molecular flexibility index (Phi) is 6.12. The second kappa shape index (κ2) is 8.72. The minimum Gasteiger partial charge on any atom is -0.465 e. The van der Waals surface area contributed by atoms with E-state index in [1.54, 1.807) is 6.07 Å². The zero-order valence-electron chi connectivity index (χ0n) is 16.1. The fourth-order valence-electron chi connectivity index (χ4n) is 3.39. The van der Waals surface area contributed by atoms with Crippen molar-refractivity contribution in [3.63, 3.8) is 0 Å². The molecule has 140 valence electrons. The molecule has 3 aromatic rings. The maximum absolute atomic E-state index is 12.6. The van der Waals surface area contributed by atoms with Crippen LogP contribution in [0, 0.1) is 0 Å². The first-order chi connectivity index (χ1) is 13.2. The molecule has 3 nitrogen and oxygen atoms in total. The van der Waals surface area contributed by atoms with Gasteiger partial charge in [0, 0.05) is 11.5 Å². The molecule has 0 radical (unpaired) electrons. The number of hydrogen-bond acceptors (Lipinski definition) is 3. The maximum Gasteiger partial charge on any atom is 0.344 e. The zero-order chi connectivity index (χ0) is 19.2. The molecule has 0 aliphatic heterocycles. The van der Waals surface area contributed by atoms with Gasteiger partial charge >= 0.3 is 5.63 Å². The highest BCUT2D eigenvalue weighted by molar-refractivity contribution is 5.83. The summed E-state index contributed by atoms with van der Waals surface area (Å²) in [7, 11) is 0. The molecule has 2 aromatic carbocycles. The van der Waals surface area contributed by atoms with Crippen molar-refractivity contribution in [1.82, 2.24) is 0 Å². The number of unbranched alkanes of at least 4 members (excludes halogenated alkanes) is 2. The summed E-state index contributed by atoms with van der Waals surface area (Å²) in [6.45, 7) is 7.88. The molecule has 0 fully saturated rings. The predicted molar refractivity (Wildman–Crippen MR) is 111 cm³/mol. The molecule has 0 spiro atoms. The fraction of sp³-hybridized carbons (Fsp3) is 0.292. The van der Waals surface area contributed by atoms with Gasteiger partial charge in [0.05, 0.1) is 11.8 Å². The van der Waals surface area contributed by atoms with E-state index in [1.807, 2.05) is 18.2 Å². The Morgan fingerprint density at radius 2 is 1.89 bits per heavy atom. The topological polar surface area (TPSA) is 39.4 Å². The lowest BCUT2D eigenvalue weighted by molar-refractivity contribution is 0.481. The molecule has 0 saturated heterocycles. The lowest BCUT2D eigenvalue weighted by Gasteiger charge is -2.11. The molecule has 3 heteroatoms. The van der Waals surface area contributed by atoms with E-state index in [4.69, 9.17) is 9.15 Å². The first kappa shape index (κ1) is 19.0. The van der Waals surface area contributed by atoms with Crippen molar-refractivity contribution in [2.45, 2.75) is 46.0 Å². The number of ether oxygens (including phenoxy) is 1. The highest BCUT2D eigenvalue weighted by atomic mass is 16.5. The molecular formula is C24H26O3. The zero-order valence-corrected chi connectivity index (χ0v) is 16.1. The molecule has 0 saturated carbocycles. The van der Waals surface area contributed by atoms with Crippen LogP contribution in [0.3, 0.4) is 0 Å². The predicted octanol–water partition coefficient (Wildman–Crippen LogP) is 6.28.